The summed E-state index contributed by atoms with van der Waals surface area (Å²) >= 11 is 1.46. The molecule has 1 fully saturated rings. The first-order chi connectivity index (χ1) is 17.7. The average Bonchev–Trinajstić information content (AvgIpc) is 3.50. The quantitative estimate of drug-likeness (QED) is 0.214. The van der Waals surface area contributed by atoms with Crippen molar-refractivity contribution in [2.45, 2.75) is 45.7 Å². The Labute approximate surface area is 214 Å². The molecule has 7 nitrogen and oxygen atoms in total. The molecule has 0 spiro atoms. The van der Waals surface area contributed by atoms with E-state index in [0.717, 1.165) is 35.2 Å². The second-order valence-electron chi connectivity index (χ2n) is 9.12. The van der Waals surface area contributed by atoms with Crippen molar-refractivity contribution in [3.8, 4) is 10.6 Å². The van der Waals surface area contributed by atoms with E-state index in [0.29, 0.717) is 22.1 Å². The summed E-state index contributed by atoms with van der Waals surface area (Å²) in [5, 5.41) is 16.4. The number of benzene rings is 1. The highest BCUT2D eigenvalue weighted by Gasteiger charge is 2.27. The van der Waals surface area contributed by atoms with Gasteiger partial charge in [-0.25, -0.2) is 27.5 Å². The number of fused-ring (bicyclic) bond motifs is 1. The third-order valence-corrected chi connectivity index (χ3v) is 7.60. The summed E-state index contributed by atoms with van der Waals surface area (Å²) in [5.74, 6) is -5.23. The van der Waals surface area contributed by atoms with Crippen LogP contribution in [0.1, 0.15) is 36.2 Å². The molecule has 1 aliphatic carbocycles. The van der Waals surface area contributed by atoms with Gasteiger partial charge >= 0.3 is 0 Å². The number of aliphatic hydroxyl groups excluding tert-OH is 1. The number of aromatic nitrogens is 4. The minimum atomic E-state index is -1.48. The van der Waals surface area contributed by atoms with Crippen LogP contribution in [0.4, 0.5) is 29.3 Å². The average molecular weight is 533 g/mol. The van der Waals surface area contributed by atoms with Crippen LogP contribution in [-0.4, -0.2) is 37.7 Å². The molecule has 4 aromatic rings. The molecular weight excluding hydrogens is 508 g/mol. The van der Waals surface area contributed by atoms with E-state index in [2.05, 4.69) is 25.6 Å². The second kappa shape index (κ2) is 10.2. The predicted octanol–water partition coefficient (Wildman–Crippen LogP) is 5.51. The zero-order chi connectivity index (χ0) is 26.3. The van der Waals surface area contributed by atoms with E-state index in [1.165, 1.54) is 11.3 Å². The van der Waals surface area contributed by atoms with Crippen molar-refractivity contribution in [3.63, 3.8) is 0 Å². The standard InChI is InChI=1S/C25H24F4N6OS/c1-11-19(24-34-22-12(2)30-6-5-18(22)37-24)23(33-14-4-3-13(7-14)10-36)35-25(32-11)31-9-15-20(28)16(26)8-17(27)21(15)29/h5-6,8,13-14,36H,3-4,7,9-10H2,1-2H3,(H2,31,32,33,35). The number of pyridine rings is 1. The second-order valence-corrected chi connectivity index (χ2v) is 10.2. The lowest BCUT2D eigenvalue weighted by atomic mass is 10.1. The van der Waals surface area contributed by atoms with Gasteiger partial charge in [-0.15, -0.1) is 11.3 Å². The van der Waals surface area contributed by atoms with Gasteiger partial charge in [-0.05, 0) is 45.1 Å². The molecule has 3 aromatic heterocycles. The van der Waals surface area contributed by atoms with Crippen LogP contribution in [0.15, 0.2) is 18.3 Å². The smallest absolute Gasteiger partial charge is 0.225 e. The summed E-state index contributed by atoms with van der Waals surface area (Å²) in [4.78, 5) is 18.1. The van der Waals surface area contributed by atoms with Crippen LogP contribution in [0.25, 0.3) is 20.8 Å². The van der Waals surface area contributed by atoms with E-state index >= 15 is 0 Å². The first-order valence-corrected chi connectivity index (χ1v) is 12.6. The van der Waals surface area contributed by atoms with Gasteiger partial charge in [0.25, 0.3) is 0 Å². The number of hydrogen-bond donors (Lipinski definition) is 3. The number of aryl methyl sites for hydroxylation is 2. The number of rotatable bonds is 7. The first-order valence-electron chi connectivity index (χ1n) is 11.8. The Hall–Kier alpha value is -3.38. The Morgan fingerprint density at radius 3 is 2.46 bits per heavy atom. The third-order valence-electron chi connectivity index (χ3n) is 6.56. The fourth-order valence-corrected chi connectivity index (χ4v) is 5.72. The van der Waals surface area contributed by atoms with Crippen LogP contribution in [0, 0.1) is 43.0 Å². The fraction of sp³-hybridized carbons (Fsp3) is 0.360. The SMILES string of the molecule is Cc1nc(NCc2c(F)c(F)cc(F)c2F)nc(NC2CCC(CO)C2)c1-c1nc2c(C)nccc2s1. The van der Waals surface area contributed by atoms with Gasteiger partial charge in [0.2, 0.25) is 5.95 Å². The molecule has 2 atom stereocenters. The Bertz CT molecular complexity index is 1450. The minimum absolute atomic E-state index is 0.0304. The molecule has 3 heterocycles. The third kappa shape index (κ3) is 4.95. The Morgan fingerprint density at radius 1 is 1.03 bits per heavy atom. The molecule has 2 unspecified atom stereocenters. The van der Waals surface area contributed by atoms with Gasteiger partial charge in [-0.3, -0.25) is 4.98 Å². The van der Waals surface area contributed by atoms with Crippen molar-refractivity contribution in [3.05, 3.63) is 58.5 Å². The van der Waals surface area contributed by atoms with Gasteiger partial charge in [0.1, 0.15) is 16.3 Å². The van der Waals surface area contributed by atoms with Gasteiger partial charge in [-0.1, -0.05) is 0 Å². The maximum Gasteiger partial charge on any atom is 0.225 e. The summed E-state index contributed by atoms with van der Waals surface area (Å²) in [6.45, 7) is 3.18. The molecule has 5 rings (SSSR count). The minimum Gasteiger partial charge on any atom is -0.396 e. The van der Waals surface area contributed by atoms with Crippen LogP contribution < -0.4 is 10.6 Å². The molecule has 0 bridgehead atoms. The van der Waals surface area contributed by atoms with Crippen LogP contribution in [0.3, 0.4) is 0 Å². The Morgan fingerprint density at radius 2 is 1.78 bits per heavy atom. The molecule has 194 valence electrons. The van der Waals surface area contributed by atoms with E-state index in [1.807, 2.05) is 13.0 Å². The molecule has 1 saturated carbocycles. The molecule has 3 N–H and O–H groups in total. The van der Waals surface area contributed by atoms with E-state index in [4.69, 9.17) is 4.98 Å². The number of thiazole rings is 1. The summed E-state index contributed by atoms with van der Waals surface area (Å²) in [5.41, 5.74) is 2.00. The van der Waals surface area contributed by atoms with Crippen molar-refractivity contribution in [1.82, 2.24) is 19.9 Å². The van der Waals surface area contributed by atoms with Gasteiger partial charge in [-0.2, -0.15) is 4.98 Å². The van der Waals surface area contributed by atoms with Crippen molar-refractivity contribution >= 4 is 33.3 Å². The fourth-order valence-electron chi connectivity index (χ4n) is 4.61. The largest absolute Gasteiger partial charge is 0.396 e. The van der Waals surface area contributed by atoms with E-state index in [9.17, 15) is 22.7 Å². The summed E-state index contributed by atoms with van der Waals surface area (Å²) in [6, 6.07) is 2.09. The maximum absolute atomic E-state index is 14.2. The molecule has 1 aliphatic rings. The van der Waals surface area contributed by atoms with Gasteiger partial charge in [0, 0.05) is 37.0 Å². The van der Waals surface area contributed by atoms with Crippen molar-refractivity contribution < 1.29 is 22.7 Å². The highest BCUT2D eigenvalue weighted by Crippen LogP contribution is 2.38. The Balaban J connectivity index is 1.52. The number of nitrogens with zero attached hydrogens (tertiary/aromatic N) is 4. The molecule has 0 radical (unpaired) electrons. The highest BCUT2D eigenvalue weighted by molar-refractivity contribution is 7.21. The molecule has 12 heteroatoms. The first kappa shape index (κ1) is 25.3. The van der Waals surface area contributed by atoms with Gasteiger partial charge in [0.15, 0.2) is 23.3 Å². The normalized spacial score (nSPS) is 17.5. The molecule has 0 aliphatic heterocycles. The lowest BCUT2D eigenvalue weighted by molar-refractivity contribution is 0.229. The molecule has 0 amide bonds. The van der Waals surface area contributed by atoms with Crippen LogP contribution in [-0.2, 0) is 6.54 Å². The Kier molecular flexibility index (Phi) is 6.95. The van der Waals surface area contributed by atoms with Crippen molar-refractivity contribution in [2.24, 2.45) is 5.92 Å². The van der Waals surface area contributed by atoms with Crippen LogP contribution >= 0.6 is 11.3 Å². The predicted molar refractivity (Wildman–Crippen MR) is 133 cm³/mol. The molecule has 37 heavy (non-hydrogen) atoms. The molecule has 1 aromatic carbocycles. The maximum atomic E-state index is 14.2. The number of hydrogen-bond acceptors (Lipinski definition) is 8. The summed E-state index contributed by atoms with van der Waals surface area (Å²) in [7, 11) is 0. The van der Waals surface area contributed by atoms with E-state index < -0.39 is 35.4 Å². The van der Waals surface area contributed by atoms with E-state index in [-0.39, 0.29) is 30.6 Å². The number of nitrogens with one attached hydrogen (secondary N) is 2. The van der Waals surface area contributed by atoms with Crippen molar-refractivity contribution in [1.29, 1.82) is 0 Å². The lowest BCUT2D eigenvalue weighted by Crippen LogP contribution is -2.19. The summed E-state index contributed by atoms with van der Waals surface area (Å²) < 4.78 is 56.5. The lowest BCUT2D eigenvalue weighted by Gasteiger charge is -2.18. The zero-order valence-electron chi connectivity index (χ0n) is 20.1. The topological polar surface area (TPSA) is 95.9 Å². The van der Waals surface area contributed by atoms with Gasteiger partial charge < -0.3 is 15.7 Å². The summed E-state index contributed by atoms with van der Waals surface area (Å²) in [6.07, 6.45) is 4.17. The molecule has 0 saturated heterocycles. The highest BCUT2D eigenvalue weighted by atomic mass is 32.1. The zero-order valence-corrected chi connectivity index (χ0v) is 20.9. The van der Waals surface area contributed by atoms with Crippen molar-refractivity contribution in [2.75, 3.05) is 17.2 Å². The van der Waals surface area contributed by atoms with E-state index in [1.54, 1.807) is 13.1 Å². The van der Waals surface area contributed by atoms with Gasteiger partial charge in [0.05, 0.1) is 21.7 Å². The van der Waals surface area contributed by atoms with Crippen LogP contribution in [0.2, 0.25) is 0 Å². The number of aliphatic hydroxyl groups is 1. The number of halogens is 4. The molecular formula is C25H24F4N6OS. The van der Waals surface area contributed by atoms with Crippen LogP contribution in [0.5, 0.6) is 0 Å². The number of anilines is 2. The monoisotopic (exact) mass is 532 g/mol.